The zero-order valence-electron chi connectivity index (χ0n) is 17.6. The van der Waals surface area contributed by atoms with E-state index >= 15 is 0 Å². The number of hydrogen-bond donors (Lipinski definition) is 0. The standard InChI is InChI=1S/C26H22N2O2S2/c1-2-30-21-15-13-20(14-16-21)25-28(22(29)17-31-25)26-27-23(18-9-5-3-6-10-18)24(32-26)19-11-7-4-8-12-19/h3-16,25H,2,17H2,1H3. The number of amides is 1. The lowest BCUT2D eigenvalue weighted by Crippen LogP contribution is -2.27. The van der Waals surface area contributed by atoms with Crippen molar-refractivity contribution in [2.75, 3.05) is 17.3 Å². The van der Waals surface area contributed by atoms with Gasteiger partial charge in [-0.1, -0.05) is 84.1 Å². The predicted octanol–water partition coefficient (Wildman–Crippen LogP) is 6.65. The van der Waals surface area contributed by atoms with Crippen molar-refractivity contribution < 1.29 is 9.53 Å². The van der Waals surface area contributed by atoms with Crippen LogP contribution in [0.25, 0.3) is 21.7 Å². The Kier molecular flexibility index (Phi) is 5.97. The van der Waals surface area contributed by atoms with Gasteiger partial charge in [-0.3, -0.25) is 9.69 Å². The third-order valence-corrected chi connectivity index (χ3v) is 7.57. The Labute approximate surface area is 195 Å². The first kappa shape index (κ1) is 20.8. The average Bonchev–Trinajstić information content (AvgIpc) is 3.45. The minimum atomic E-state index is -0.100. The van der Waals surface area contributed by atoms with E-state index < -0.39 is 0 Å². The highest BCUT2D eigenvalue weighted by atomic mass is 32.2. The molecule has 1 aliphatic heterocycles. The molecule has 3 aromatic carbocycles. The summed E-state index contributed by atoms with van der Waals surface area (Å²) in [6, 6.07) is 28.4. The first-order chi connectivity index (χ1) is 15.7. The normalized spacial score (nSPS) is 15.8. The Bertz CT molecular complexity index is 1150. The van der Waals surface area contributed by atoms with E-state index in [1.54, 1.807) is 23.1 Å². The number of rotatable bonds is 6. The van der Waals surface area contributed by atoms with E-state index in [0.717, 1.165) is 38.1 Å². The minimum Gasteiger partial charge on any atom is -0.494 e. The molecule has 0 radical (unpaired) electrons. The third kappa shape index (κ3) is 4.04. The smallest absolute Gasteiger partial charge is 0.240 e. The van der Waals surface area contributed by atoms with E-state index in [0.29, 0.717) is 12.4 Å². The molecule has 0 bridgehead atoms. The van der Waals surface area contributed by atoms with E-state index in [4.69, 9.17) is 9.72 Å². The molecular weight excluding hydrogens is 436 g/mol. The van der Waals surface area contributed by atoms with Crippen molar-refractivity contribution in [3.63, 3.8) is 0 Å². The topological polar surface area (TPSA) is 42.4 Å². The van der Waals surface area contributed by atoms with Crippen LogP contribution in [-0.4, -0.2) is 23.3 Å². The summed E-state index contributed by atoms with van der Waals surface area (Å²) in [5, 5.41) is 0.633. The fourth-order valence-electron chi connectivity index (χ4n) is 3.76. The monoisotopic (exact) mass is 458 g/mol. The van der Waals surface area contributed by atoms with E-state index in [1.807, 2.05) is 72.5 Å². The summed E-state index contributed by atoms with van der Waals surface area (Å²) in [7, 11) is 0. The van der Waals surface area contributed by atoms with Crippen LogP contribution in [0.1, 0.15) is 17.9 Å². The molecule has 5 rings (SSSR count). The lowest BCUT2D eigenvalue weighted by Gasteiger charge is -2.21. The van der Waals surface area contributed by atoms with Crippen LogP contribution in [0.15, 0.2) is 84.9 Å². The minimum absolute atomic E-state index is 0.0851. The number of carbonyl (C=O) groups excluding carboxylic acids is 1. The Morgan fingerprint density at radius 2 is 1.59 bits per heavy atom. The van der Waals surface area contributed by atoms with Crippen LogP contribution in [0.5, 0.6) is 5.75 Å². The molecule has 1 saturated heterocycles. The van der Waals surface area contributed by atoms with Crippen LogP contribution in [-0.2, 0) is 4.79 Å². The molecule has 32 heavy (non-hydrogen) atoms. The summed E-state index contributed by atoms with van der Waals surface area (Å²) in [6.07, 6.45) is 0. The highest BCUT2D eigenvalue weighted by Crippen LogP contribution is 2.47. The van der Waals surface area contributed by atoms with Gasteiger partial charge in [0.05, 0.1) is 22.9 Å². The SMILES string of the molecule is CCOc1ccc(C2SCC(=O)N2c2nc(-c3ccccc3)c(-c3ccccc3)s2)cc1. The number of ether oxygens (including phenoxy) is 1. The van der Waals surface area contributed by atoms with E-state index in [-0.39, 0.29) is 11.3 Å². The van der Waals surface area contributed by atoms with E-state index in [2.05, 4.69) is 24.3 Å². The summed E-state index contributed by atoms with van der Waals surface area (Å²) >= 11 is 3.21. The van der Waals surface area contributed by atoms with E-state index in [1.165, 1.54) is 0 Å². The summed E-state index contributed by atoms with van der Waals surface area (Å²) in [4.78, 5) is 20.9. The largest absolute Gasteiger partial charge is 0.494 e. The zero-order chi connectivity index (χ0) is 21.9. The van der Waals surface area contributed by atoms with Crippen molar-refractivity contribution in [2.24, 2.45) is 0 Å². The maximum absolute atomic E-state index is 13.0. The molecule has 0 aliphatic carbocycles. The van der Waals surface area contributed by atoms with Gasteiger partial charge in [0.15, 0.2) is 5.13 Å². The van der Waals surface area contributed by atoms with Gasteiger partial charge in [-0.2, -0.15) is 0 Å². The lowest BCUT2D eigenvalue weighted by molar-refractivity contribution is -0.115. The molecule has 6 heteroatoms. The Hall–Kier alpha value is -3.09. The van der Waals surface area contributed by atoms with Crippen molar-refractivity contribution in [3.05, 3.63) is 90.5 Å². The molecule has 1 aliphatic rings. The molecule has 4 nitrogen and oxygen atoms in total. The van der Waals surface area contributed by atoms with Gasteiger partial charge < -0.3 is 4.74 Å². The molecule has 0 N–H and O–H groups in total. The quantitative estimate of drug-likeness (QED) is 0.324. The molecule has 4 aromatic rings. The molecule has 2 heterocycles. The van der Waals surface area contributed by atoms with Crippen molar-refractivity contribution in [1.82, 2.24) is 4.98 Å². The van der Waals surface area contributed by atoms with Crippen molar-refractivity contribution in [2.45, 2.75) is 12.3 Å². The summed E-state index contributed by atoms with van der Waals surface area (Å²) in [5.41, 5.74) is 4.13. The number of carbonyl (C=O) groups is 1. The maximum Gasteiger partial charge on any atom is 0.240 e. The van der Waals surface area contributed by atoms with Gasteiger partial charge in [0.2, 0.25) is 5.91 Å². The second-order valence-corrected chi connectivity index (χ2v) is 9.38. The molecule has 160 valence electrons. The molecule has 1 unspecified atom stereocenters. The van der Waals surface area contributed by atoms with Gasteiger partial charge in [-0.15, -0.1) is 11.8 Å². The van der Waals surface area contributed by atoms with Gasteiger partial charge in [0.25, 0.3) is 0 Å². The van der Waals surface area contributed by atoms with Crippen molar-refractivity contribution >= 4 is 34.1 Å². The number of aromatic nitrogens is 1. The molecule has 1 fully saturated rings. The van der Waals surface area contributed by atoms with Gasteiger partial charge in [0.1, 0.15) is 11.1 Å². The Morgan fingerprint density at radius 1 is 0.938 bits per heavy atom. The Balaban J connectivity index is 1.57. The van der Waals surface area contributed by atoms with Crippen LogP contribution >= 0.6 is 23.1 Å². The number of anilines is 1. The number of nitrogens with zero attached hydrogens (tertiary/aromatic N) is 2. The van der Waals surface area contributed by atoms with Crippen LogP contribution in [0.4, 0.5) is 5.13 Å². The predicted molar refractivity (Wildman–Crippen MR) is 133 cm³/mol. The summed E-state index contributed by atoms with van der Waals surface area (Å²) < 4.78 is 5.58. The number of hydrogen-bond acceptors (Lipinski definition) is 5. The first-order valence-electron chi connectivity index (χ1n) is 10.5. The first-order valence-corrected chi connectivity index (χ1v) is 12.4. The fraction of sp³-hybridized carbons (Fsp3) is 0.154. The fourth-order valence-corrected chi connectivity index (χ4v) is 6.12. The van der Waals surface area contributed by atoms with Crippen LogP contribution in [0.3, 0.4) is 0 Å². The van der Waals surface area contributed by atoms with Crippen LogP contribution in [0.2, 0.25) is 0 Å². The second-order valence-electron chi connectivity index (χ2n) is 7.34. The van der Waals surface area contributed by atoms with Gasteiger partial charge >= 0.3 is 0 Å². The molecule has 1 amide bonds. The van der Waals surface area contributed by atoms with Gasteiger partial charge in [-0.25, -0.2) is 4.98 Å². The van der Waals surface area contributed by atoms with Gasteiger partial charge in [0, 0.05) is 5.56 Å². The summed E-state index contributed by atoms with van der Waals surface area (Å²) in [6.45, 7) is 2.60. The molecular formula is C26H22N2O2S2. The van der Waals surface area contributed by atoms with Crippen LogP contribution < -0.4 is 9.64 Å². The zero-order valence-corrected chi connectivity index (χ0v) is 19.2. The number of thiazole rings is 1. The van der Waals surface area contributed by atoms with Crippen molar-refractivity contribution in [3.8, 4) is 27.4 Å². The third-order valence-electron chi connectivity index (χ3n) is 5.25. The maximum atomic E-state index is 13.0. The molecule has 1 atom stereocenters. The van der Waals surface area contributed by atoms with Crippen molar-refractivity contribution in [1.29, 1.82) is 0 Å². The molecule has 0 saturated carbocycles. The second kappa shape index (κ2) is 9.18. The Morgan fingerprint density at radius 3 is 2.25 bits per heavy atom. The lowest BCUT2D eigenvalue weighted by atomic mass is 10.1. The molecule has 1 aromatic heterocycles. The average molecular weight is 459 g/mol. The van der Waals surface area contributed by atoms with Gasteiger partial charge in [-0.05, 0) is 30.2 Å². The molecule has 0 spiro atoms. The number of thioether (sulfide) groups is 1. The highest BCUT2D eigenvalue weighted by molar-refractivity contribution is 8.00. The number of benzene rings is 3. The summed E-state index contributed by atoms with van der Waals surface area (Å²) in [5.74, 6) is 1.37. The highest BCUT2D eigenvalue weighted by Gasteiger charge is 2.36. The van der Waals surface area contributed by atoms with E-state index in [9.17, 15) is 4.79 Å². The van der Waals surface area contributed by atoms with Crippen LogP contribution in [0, 0.1) is 0 Å².